The average molecular weight is 259 g/mol. The third-order valence-electron chi connectivity index (χ3n) is 3.23. The van der Waals surface area contributed by atoms with Crippen LogP contribution in [0.2, 0.25) is 0 Å². The molecular formula is C13H13N3O3. The fourth-order valence-electron chi connectivity index (χ4n) is 2.29. The van der Waals surface area contributed by atoms with Crippen molar-refractivity contribution >= 4 is 11.9 Å². The lowest BCUT2D eigenvalue weighted by atomic mass is 10.2. The molecule has 1 aromatic heterocycles. The van der Waals surface area contributed by atoms with Gasteiger partial charge in [-0.3, -0.25) is 0 Å². The normalized spacial score (nSPS) is 18.7. The maximum absolute atomic E-state index is 11.1. The Hall–Kier alpha value is -2.37. The van der Waals surface area contributed by atoms with E-state index in [0.717, 1.165) is 12.0 Å². The summed E-state index contributed by atoms with van der Waals surface area (Å²) in [5, 5.41) is 13.0. The molecular weight excluding hydrogens is 246 g/mol. The highest BCUT2D eigenvalue weighted by atomic mass is 16.5. The van der Waals surface area contributed by atoms with Gasteiger partial charge >= 0.3 is 5.97 Å². The van der Waals surface area contributed by atoms with Crippen LogP contribution in [0.25, 0.3) is 11.5 Å². The number of hydrogen-bond donors (Lipinski definition) is 1. The van der Waals surface area contributed by atoms with E-state index in [1.807, 2.05) is 30.3 Å². The van der Waals surface area contributed by atoms with Crippen LogP contribution in [0.3, 0.4) is 0 Å². The Morgan fingerprint density at radius 1 is 1.37 bits per heavy atom. The van der Waals surface area contributed by atoms with Crippen molar-refractivity contribution in [3.63, 3.8) is 0 Å². The summed E-state index contributed by atoms with van der Waals surface area (Å²) in [4.78, 5) is 17.1. The number of carbonyl (C=O) groups is 1. The maximum Gasteiger partial charge on any atom is 0.326 e. The van der Waals surface area contributed by atoms with E-state index in [-0.39, 0.29) is 0 Å². The van der Waals surface area contributed by atoms with Gasteiger partial charge < -0.3 is 14.5 Å². The molecule has 0 saturated carbocycles. The van der Waals surface area contributed by atoms with Crippen molar-refractivity contribution in [1.82, 2.24) is 10.1 Å². The molecule has 3 rings (SSSR count). The molecule has 1 saturated heterocycles. The van der Waals surface area contributed by atoms with Crippen molar-refractivity contribution in [1.29, 1.82) is 0 Å². The summed E-state index contributed by atoms with van der Waals surface area (Å²) in [7, 11) is 0. The standard InChI is InChI=1S/C13H13N3O3/c17-12(18)10-7-4-8-16(10)13-14-11(19-15-13)9-5-2-1-3-6-9/h1-3,5-6,10H,4,7-8H2,(H,17,18)/t10-/m1/s1. The van der Waals surface area contributed by atoms with Crippen LogP contribution in [0.15, 0.2) is 34.9 Å². The van der Waals surface area contributed by atoms with E-state index in [1.165, 1.54) is 0 Å². The molecule has 0 amide bonds. The molecule has 2 heterocycles. The molecule has 2 aromatic rings. The Kier molecular flexibility index (Phi) is 2.91. The number of nitrogens with zero attached hydrogens (tertiary/aromatic N) is 3. The lowest BCUT2D eigenvalue weighted by molar-refractivity contribution is -0.138. The first kappa shape index (κ1) is 11.7. The second-order valence-corrected chi connectivity index (χ2v) is 4.46. The van der Waals surface area contributed by atoms with Crippen molar-refractivity contribution < 1.29 is 14.4 Å². The molecule has 1 aliphatic rings. The zero-order valence-electron chi connectivity index (χ0n) is 10.2. The zero-order chi connectivity index (χ0) is 13.2. The number of carboxylic acid groups (broad SMARTS) is 1. The Bertz CT molecular complexity index is 582. The maximum atomic E-state index is 11.1. The van der Waals surface area contributed by atoms with Crippen molar-refractivity contribution in [3.05, 3.63) is 30.3 Å². The van der Waals surface area contributed by atoms with Gasteiger partial charge in [-0.05, 0) is 30.1 Å². The molecule has 0 spiro atoms. The fourth-order valence-corrected chi connectivity index (χ4v) is 2.29. The number of carboxylic acids is 1. The quantitative estimate of drug-likeness (QED) is 0.905. The number of rotatable bonds is 3. The molecule has 19 heavy (non-hydrogen) atoms. The summed E-state index contributed by atoms with van der Waals surface area (Å²) in [5.41, 5.74) is 0.826. The smallest absolute Gasteiger partial charge is 0.326 e. The lowest BCUT2D eigenvalue weighted by Gasteiger charge is -2.18. The van der Waals surface area contributed by atoms with E-state index in [9.17, 15) is 4.79 Å². The summed E-state index contributed by atoms with van der Waals surface area (Å²) < 4.78 is 5.20. The summed E-state index contributed by atoms with van der Waals surface area (Å²) in [6.45, 7) is 0.644. The molecule has 0 aliphatic carbocycles. The third kappa shape index (κ3) is 2.16. The summed E-state index contributed by atoms with van der Waals surface area (Å²) in [5.74, 6) is -0.0843. The number of anilines is 1. The van der Waals surface area contributed by atoms with Gasteiger partial charge in [0.05, 0.1) is 0 Å². The van der Waals surface area contributed by atoms with Crippen LogP contribution >= 0.6 is 0 Å². The number of aliphatic carboxylic acids is 1. The van der Waals surface area contributed by atoms with Crippen LogP contribution in [0, 0.1) is 0 Å². The first-order chi connectivity index (χ1) is 9.25. The van der Waals surface area contributed by atoms with Gasteiger partial charge in [0, 0.05) is 12.1 Å². The summed E-state index contributed by atoms with van der Waals surface area (Å²) >= 11 is 0. The van der Waals surface area contributed by atoms with Crippen LogP contribution in [0.5, 0.6) is 0 Å². The molecule has 6 nitrogen and oxygen atoms in total. The lowest BCUT2D eigenvalue weighted by Crippen LogP contribution is -2.36. The topological polar surface area (TPSA) is 79.5 Å². The minimum Gasteiger partial charge on any atom is -0.480 e. The van der Waals surface area contributed by atoms with Crippen molar-refractivity contribution in [3.8, 4) is 11.5 Å². The predicted molar refractivity (Wildman–Crippen MR) is 67.7 cm³/mol. The largest absolute Gasteiger partial charge is 0.480 e. The second kappa shape index (κ2) is 4.72. The molecule has 1 aliphatic heterocycles. The summed E-state index contributed by atoms with van der Waals surface area (Å²) in [6.07, 6.45) is 1.44. The Morgan fingerprint density at radius 2 is 2.16 bits per heavy atom. The number of benzene rings is 1. The minimum absolute atomic E-state index is 0.351. The molecule has 1 aromatic carbocycles. The molecule has 1 N–H and O–H groups in total. The van der Waals surface area contributed by atoms with E-state index in [1.54, 1.807) is 4.90 Å². The van der Waals surface area contributed by atoms with Crippen molar-refractivity contribution in [2.75, 3.05) is 11.4 Å². The van der Waals surface area contributed by atoms with Crippen LogP contribution in [0.4, 0.5) is 5.95 Å². The third-order valence-corrected chi connectivity index (χ3v) is 3.23. The van der Waals surface area contributed by atoms with Gasteiger partial charge in [0.15, 0.2) is 0 Å². The average Bonchev–Trinajstić information content (AvgIpc) is 3.08. The van der Waals surface area contributed by atoms with Crippen molar-refractivity contribution in [2.24, 2.45) is 0 Å². The Morgan fingerprint density at radius 3 is 2.89 bits per heavy atom. The van der Waals surface area contributed by atoms with Gasteiger partial charge in [0.25, 0.3) is 11.8 Å². The van der Waals surface area contributed by atoms with Gasteiger partial charge in [0.1, 0.15) is 6.04 Å². The first-order valence-corrected chi connectivity index (χ1v) is 6.14. The molecule has 0 bridgehead atoms. The Balaban J connectivity index is 1.87. The molecule has 0 radical (unpaired) electrons. The van der Waals surface area contributed by atoms with E-state index in [2.05, 4.69) is 10.1 Å². The van der Waals surface area contributed by atoms with Crippen molar-refractivity contribution in [2.45, 2.75) is 18.9 Å². The van der Waals surface area contributed by atoms with Gasteiger partial charge in [-0.2, -0.15) is 4.98 Å². The van der Waals surface area contributed by atoms with E-state index < -0.39 is 12.0 Å². The molecule has 6 heteroatoms. The highest BCUT2D eigenvalue weighted by molar-refractivity contribution is 5.78. The van der Waals surface area contributed by atoms with Crippen LogP contribution in [-0.2, 0) is 4.79 Å². The molecule has 0 unspecified atom stereocenters. The van der Waals surface area contributed by atoms with Crippen LogP contribution < -0.4 is 4.90 Å². The first-order valence-electron chi connectivity index (χ1n) is 6.14. The molecule has 1 atom stereocenters. The minimum atomic E-state index is -0.844. The van der Waals surface area contributed by atoms with Gasteiger partial charge in [-0.25, -0.2) is 4.79 Å². The molecule has 98 valence electrons. The number of aromatic nitrogens is 2. The molecule has 1 fully saturated rings. The van der Waals surface area contributed by atoms with Crippen LogP contribution in [-0.4, -0.2) is 33.8 Å². The van der Waals surface area contributed by atoms with E-state index in [4.69, 9.17) is 9.63 Å². The fraction of sp³-hybridized carbons (Fsp3) is 0.308. The SMILES string of the molecule is O=C(O)[C@H]1CCCN1c1noc(-c2ccccc2)n1. The van der Waals surface area contributed by atoms with E-state index in [0.29, 0.717) is 24.8 Å². The van der Waals surface area contributed by atoms with Crippen LogP contribution in [0.1, 0.15) is 12.8 Å². The highest BCUT2D eigenvalue weighted by Gasteiger charge is 2.33. The predicted octanol–water partition coefficient (Wildman–Crippen LogP) is 1.79. The highest BCUT2D eigenvalue weighted by Crippen LogP contribution is 2.25. The van der Waals surface area contributed by atoms with Gasteiger partial charge in [-0.15, -0.1) is 0 Å². The second-order valence-electron chi connectivity index (χ2n) is 4.46. The summed E-state index contributed by atoms with van der Waals surface area (Å²) in [6, 6.07) is 8.86. The van der Waals surface area contributed by atoms with E-state index >= 15 is 0 Å². The van der Waals surface area contributed by atoms with Gasteiger partial charge in [-0.1, -0.05) is 18.2 Å². The number of hydrogen-bond acceptors (Lipinski definition) is 5. The monoisotopic (exact) mass is 259 g/mol. The zero-order valence-corrected chi connectivity index (χ0v) is 10.2. The van der Waals surface area contributed by atoms with Gasteiger partial charge in [0.2, 0.25) is 0 Å². The Labute approximate surface area is 109 Å².